The third-order valence-corrected chi connectivity index (χ3v) is 4.04. The van der Waals surface area contributed by atoms with E-state index in [0.717, 1.165) is 12.8 Å². The van der Waals surface area contributed by atoms with Crippen molar-refractivity contribution in [2.75, 3.05) is 7.11 Å². The van der Waals surface area contributed by atoms with Gasteiger partial charge in [0.15, 0.2) is 5.82 Å². The Morgan fingerprint density at radius 2 is 2.10 bits per heavy atom. The van der Waals surface area contributed by atoms with Gasteiger partial charge in [0, 0.05) is 12.1 Å². The monoisotopic (exact) mass is 312 g/mol. The van der Waals surface area contributed by atoms with Crippen LogP contribution in [0, 0.1) is 5.82 Å². The van der Waals surface area contributed by atoms with Gasteiger partial charge in [0.1, 0.15) is 11.6 Å². The average molecular weight is 312 g/mol. The first-order chi connectivity index (χ1) is 9.91. The fraction of sp³-hybridized carbons (Fsp3) is 0.333. The molecule has 1 aromatic heterocycles. The van der Waals surface area contributed by atoms with Crippen molar-refractivity contribution in [2.45, 2.75) is 24.0 Å². The van der Waals surface area contributed by atoms with Crippen LogP contribution in [0.4, 0.5) is 4.39 Å². The molecule has 0 unspecified atom stereocenters. The maximum Gasteiger partial charge on any atom is 0.273 e. The Labute approximate surface area is 120 Å². The molecule has 1 fully saturated rings. The molecule has 1 aliphatic carbocycles. The number of ether oxygens (including phenoxy) is 1. The number of sulfonamides is 1. The Morgan fingerprint density at radius 1 is 1.38 bits per heavy atom. The first-order valence-corrected chi connectivity index (χ1v) is 7.78. The van der Waals surface area contributed by atoms with Crippen LogP contribution in [0.3, 0.4) is 0 Å². The van der Waals surface area contributed by atoms with Gasteiger partial charge in [-0.1, -0.05) is 0 Å². The SMILES string of the molecule is COc1ccc(-c2nnc(S(N)(=O)=O)n2C2CC2)c(F)c1. The lowest BCUT2D eigenvalue weighted by Gasteiger charge is -2.09. The summed E-state index contributed by atoms with van der Waals surface area (Å²) in [6.45, 7) is 0. The second-order valence-corrected chi connectivity index (χ2v) is 6.25. The third kappa shape index (κ3) is 2.49. The predicted molar refractivity (Wildman–Crippen MR) is 71.6 cm³/mol. The lowest BCUT2D eigenvalue weighted by molar-refractivity contribution is 0.411. The van der Waals surface area contributed by atoms with E-state index in [2.05, 4.69) is 10.2 Å². The topological polar surface area (TPSA) is 100 Å². The van der Waals surface area contributed by atoms with Gasteiger partial charge in [-0.15, -0.1) is 10.2 Å². The van der Waals surface area contributed by atoms with Crippen LogP contribution < -0.4 is 9.88 Å². The Balaban J connectivity index is 2.17. The Kier molecular flexibility index (Phi) is 3.18. The fourth-order valence-corrected chi connectivity index (χ4v) is 2.79. The molecule has 2 aromatic rings. The van der Waals surface area contributed by atoms with Gasteiger partial charge in [-0.25, -0.2) is 17.9 Å². The van der Waals surface area contributed by atoms with Crippen molar-refractivity contribution >= 4 is 10.0 Å². The molecule has 2 N–H and O–H groups in total. The Morgan fingerprint density at radius 3 is 2.62 bits per heavy atom. The molecule has 0 amide bonds. The fourth-order valence-electron chi connectivity index (χ4n) is 2.12. The van der Waals surface area contributed by atoms with Crippen LogP contribution in [0.1, 0.15) is 18.9 Å². The largest absolute Gasteiger partial charge is 0.497 e. The number of halogens is 1. The standard InChI is InChI=1S/C12H13FN4O3S/c1-20-8-4-5-9(10(13)6-8)11-15-16-12(21(14,18)19)17(11)7-2-3-7/h4-7H,2-3H2,1H3,(H2,14,18,19). The quantitative estimate of drug-likeness (QED) is 0.910. The number of nitrogens with two attached hydrogens (primary N) is 1. The lowest BCUT2D eigenvalue weighted by atomic mass is 10.2. The minimum absolute atomic E-state index is 0.0650. The molecule has 3 rings (SSSR count). The molecule has 0 saturated heterocycles. The number of methoxy groups -OCH3 is 1. The molecule has 0 bridgehead atoms. The van der Waals surface area contributed by atoms with E-state index in [1.54, 1.807) is 6.07 Å². The second-order valence-electron chi connectivity index (χ2n) is 4.80. The van der Waals surface area contributed by atoms with E-state index in [-0.39, 0.29) is 22.6 Å². The highest BCUT2D eigenvalue weighted by Crippen LogP contribution is 2.40. The number of nitrogens with zero attached hydrogens (tertiary/aromatic N) is 3. The Bertz CT molecular complexity index is 799. The van der Waals surface area contributed by atoms with Gasteiger partial charge >= 0.3 is 0 Å². The van der Waals surface area contributed by atoms with Crippen molar-refractivity contribution in [3.63, 3.8) is 0 Å². The maximum absolute atomic E-state index is 14.2. The molecule has 1 aromatic carbocycles. The van der Waals surface area contributed by atoms with E-state index in [1.165, 1.54) is 23.8 Å². The van der Waals surface area contributed by atoms with Gasteiger partial charge in [-0.2, -0.15) is 0 Å². The van der Waals surface area contributed by atoms with Gasteiger partial charge in [0.25, 0.3) is 15.2 Å². The zero-order valence-electron chi connectivity index (χ0n) is 11.2. The highest BCUT2D eigenvalue weighted by atomic mass is 32.2. The molecular weight excluding hydrogens is 299 g/mol. The van der Waals surface area contributed by atoms with E-state index in [4.69, 9.17) is 9.88 Å². The van der Waals surface area contributed by atoms with Crippen LogP contribution in [0.25, 0.3) is 11.4 Å². The first kappa shape index (κ1) is 14.0. The van der Waals surface area contributed by atoms with Crippen molar-refractivity contribution < 1.29 is 17.5 Å². The molecule has 0 radical (unpaired) electrons. The summed E-state index contributed by atoms with van der Waals surface area (Å²) in [4.78, 5) is 0. The predicted octanol–water partition coefficient (Wildman–Crippen LogP) is 1.08. The van der Waals surface area contributed by atoms with Gasteiger partial charge in [0.2, 0.25) is 0 Å². The molecule has 0 atom stereocenters. The van der Waals surface area contributed by atoms with Crippen LogP contribution in [0.2, 0.25) is 0 Å². The number of aromatic nitrogens is 3. The molecule has 9 heteroatoms. The molecule has 0 aliphatic heterocycles. The zero-order chi connectivity index (χ0) is 15.2. The van der Waals surface area contributed by atoms with Gasteiger partial charge in [0.05, 0.1) is 12.7 Å². The molecular formula is C12H13FN4O3S. The molecule has 112 valence electrons. The number of primary sulfonamides is 1. The highest BCUT2D eigenvalue weighted by molar-refractivity contribution is 7.89. The summed E-state index contributed by atoms with van der Waals surface area (Å²) in [6, 6.07) is 4.19. The third-order valence-electron chi connectivity index (χ3n) is 3.25. The molecule has 1 heterocycles. The summed E-state index contributed by atoms with van der Waals surface area (Å²) in [5.41, 5.74) is 0.158. The van der Waals surface area contributed by atoms with Crippen molar-refractivity contribution in [1.82, 2.24) is 14.8 Å². The second kappa shape index (κ2) is 4.78. The minimum Gasteiger partial charge on any atom is -0.497 e. The van der Waals surface area contributed by atoms with E-state index in [9.17, 15) is 12.8 Å². The first-order valence-electron chi connectivity index (χ1n) is 6.23. The number of rotatable bonds is 4. The van der Waals surface area contributed by atoms with Crippen LogP contribution in [0.5, 0.6) is 5.75 Å². The molecule has 1 saturated carbocycles. The summed E-state index contributed by atoms with van der Waals surface area (Å²) in [6.07, 6.45) is 1.57. The summed E-state index contributed by atoms with van der Waals surface area (Å²) in [7, 11) is -2.58. The molecule has 0 spiro atoms. The lowest BCUT2D eigenvalue weighted by Crippen LogP contribution is -2.18. The average Bonchev–Trinajstić information content (AvgIpc) is 3.16. The number of benzene rings is 1. The van der Waals surface area contributed by atoms with Crippen molar-refractivity contribution in [3.05, 3.63) is 24.0 Å². The number of hydrogen-bond acceptors (Lipinski definition) is 5. The normalized spacial score (nSPS) is 15.2. The Hall–Kier alpha value is -2.00. The van der Waals surface area contributed by atoms with Crippen LogP contribution in [0.15, 0.2) is 23.4 Å². The van der Waals surface area contributed by atoms with Crippen molar-refractivity contribution in [2.24, 2.45) is 5.14 Å². The van der Waals surface area contributed by atoms with E-state index in [0.29, 0.717) is 5.75 Å². The van der Waals surface area contributed by atoms with Crippen molar-refractivity contribution in [1.29, 1.82) is 0 Å². The zero-order valence-corrected chi connectivity index (χ0v) is 12.0. The van der Waals surface area contributed by atoms with E-state index >= 15 is 0 Å². The van der Waals surface area contributed by atoms with Crippen molar-refractivity contribution in [3.8, 4) is 17.1 Å². The summed E-state index contributed by atoms with van der Waals surface area (Å²) in [5, 5.41) is 12.2. The van der Waals surface area contributed by atoms with Crippen LogP contribution in [-0.4, -0.2) is 30.3 Å². The van der Waals surface area contributed by atoms with Gasteiger partial charge < -0.3 is 4.74 Å². The highest BCUT2D eigenvalue weighted by Gasteiger charge is 2.34. The van der Waals surface area contributed by atoms with E-state index < -0.39 is 15.8 Å². The molecule has 21 heavy (non-hydrogen) atoms. The van der Waals surface area contributed by atoms with Gasteiger partial charge in [-0.05, 0) is 25.0 Å². The van der Waals surface area contributed by atoms with Gasteiger partial charge in [-0.3, -0.25) is 4.57 Å². The summed E-state index contributed by atoms with van der Waals surface area (Å²) < 4.78 is 43.6. The minimum atomic E-state index is -4.01. The molecule has 1 aliphatic rings. The number of hydrogen-bond donors (Lipinski definition) is 1. The van der Waals surface area contributed by atoms with E-state index in [1.807, 2.05) is 0 Å². The molecule has 7 nitrogen and oxygen atoms in total. The smallest absolute Gasteiger partial charge is 0.273 e. The summed E-state index contributed by atoms with van der Waals surface area (Å²) in [5.74, 6) is -0.0493. The van der Waals surface area contributed by atoms with Crippen LogP contribution in [-0.2, 0) is 10.0 Å². The van der Waals surface area contributed by atoms with Crippen LogP contribution >= 0.6 is 0 Å². The maximum atomic E-state index is 14.2. The summed E-state index contributed by atoms with van der Waals surface area (Å²) >= 11 is 0.